The standard InChI is InChI=1S/C21H21F3N3S.C18H20N5S.2C16H11N3O2.C8H18O3P.CNS.4CO2.2Ru/c1-2-3-4-5-6-16-9-10-17(28-16)8-7-15-11-12-25-18(13-15)19-14-20(27-26-19)21(22,23)24;1-2-3-4-5-6-15-9-10-16(24-15)8-7-14-11-12-19-17(13-14)18-20-22-23-21-18;2*20-16(21)11-7-9-18-15(10-11)14-6-3-5-13(19-14)12-4-1-2-8-17-12;1-2-3-4-5-6-9-12-10-7-8-11-12;5*2-1-3;;/h7-14H,2-6H2,1H3;7-13H,2-6H2,1H3;2*1-10H,(H,20,21);12H,2-8H2,1H3;;;;;;;/q2*-1;;;+1;-1;;;;;+1;+2/b2*8-7+;;;;;;;;;;. The van der Waals surface area contributed by atoms with Crippen molar-refractivity contribution in [3.05, 3.63) is 242 Å². The molecule has 2 N–H and O–H groups in total. The number of tetrazole rings is 1. The van der Waals surface area contributed by atoms with Crippen LogP contribution in [-0.4, -0.2) is 132 Å². The molecule has 1 aliphatic heterocycles. The number of carbonyl (C=O) groups excluding carboxylic acids is 8. The number of nitrogens with zero attached hydrogens (tertiary/aromatic N) is 15. The minimum atomic E-state index is -4.50. The molecular formula is C84H81F3N15O15PRu2S3+. The minimum absolute atomic E-state index is 0. The van der Waals surface area contributed by atoms with Gasteiger partial charge >= 0.3 is 90.3 Å². The molecule has 0 aliphatic carbocycles. The van der Waals surface area contributed by atoms with Crippen LogP contribution in [0.3, 0.4) is 0 Å². The number of carboxylic acids is 2. The number of isothiocyanates is 1. The zero-order valence-electron chi connectivity index (χ0n) is 66.2. The predicted octanol–water partition coefficient (Wildman–Crippen LogP) is 17.4. The maximum absolute atomic E-state index is 12.7. The molecule has 1 fully saturated rings. The van der Waals surface area contributed by atoms with E-state index in [1.807, 2.05) is 96.3 Å². The van der Waals surface area contributed by atoms with Crippen LogP contribution in [0.2, 0.25) is 0 Å². The molecule has 0 amide bonds. The van der Waals surface area contributed by atoms with Gasteiger partial charge in [-0.3, -0.25) is 40.2 Å². The average molecular weight is 1930 g/mol. The van der Waals surface area contributed by atoms with Gasteiger partial charge in [0.05, 0.1) is 74.8 Å². The monoisotopic (exact) mass is 1930 g/mol. The number of hydrogen-bond donors (Lipinski definition) is 2. The maximum Gasteiger partial charge on any atom is 2.00 e. The third kappa shape index (κ3) is 43.3. The molecule has 0 bridgehead atoms. The number of rotatable bonds is 28. The molecule has 12 aromatic heterocycles. The summed E-state index contributed by atoms with van der Waals surface area (Å²) in [7, 11) is -1.30. The largest absolute Gasteiger partial charge is 2.00 e. The summed E-state index contributed by atoms with van der Waals surface area (Å²) in [4.78, 5) is 127. The molecule has 1 saturated heterocycles. The third-order valence-electron chi connectivity index (χ3n) is 15.6. The van der Waals surface area contributed by atoms with Crippen LogP contribution in [-0.2, 0) is 110 Å². The Kier molecular flexibility index (Phi) is 56.4. The molecule has 0 unspecified atom stereocenters. The van der Waals surface area contributed by atoms with Gasteiger partial charge < -0.3 is 30.9 Å². The van der Waals surface area contributed by atoms with Gasteiger partial charge in [-0.05, 0) is 183 Å². The normalized spacial score (nSPS) is 10.7. The topological polar surface area (TPSA) is 444 Å². The Morgan fingerprint density at radius 1 is 0.504 bits per heavy atom. The van der Waals surface area contributed by atoms with Gasteiger partial charge in [0.1, 0.15) is 18.9 Å². The van der Waals surface area contributed by atoms with E-state index in [-0.39, 0.29) is 80.4 Å². The molecule has 0 saturated carbocycles. The van der Waals surface area contributed by atoms with Gasteiger partial charge in [0, 0.05) is 62.4 Å². The summed E-state index contributed by atoms with van der Waals surface area (Å²) in [5.74, 6) is -1.52. The van der Waals surface area contributed by atoms with Gasteiger partial charge in [-0.2, -0.15) is 75.5 Å². The zero-order valence-corrected chi connectivity index (χ0v) is 73.1. The van der Waals surface area contributed by atoms with Crippen LogP contribution < -0.4 is 10.2 Å². The summed E-state index contributed by atoms with van der Waals surface area (Å²) in [5.41, 5.74) is 7.66. The number of thiocarbonyl (C=S) groups is 1. The second kappa shape index (κ2) is 64.8. The van der Waals surface area contributed by atoms with Crippen LogP contribution in [0.5, 0.6) is 0 Å². The first-order valence-corrected chi connectivity index (χ1v) is 40.2. The Hall–Kier alpha value is -12.0. The van der Waals surface area contributed by atoms with Crippen LogP contribution in [0, 0.1) is 0 Å². The van der Waals surface area contributed by atoms with Gasteiger partial charge in [0.2, 0.25) is 0 Å². The van der Waals surface area contributed by atoms with Crippen molar-refractivity contribution in [2.45, 2.75) is 117 Å². The van der Waals surface area contributed by atoms with E-state index < -0.39 is 32.4 Å². The summed E-state index contributed by atoms with van der Waals surface area (Å²) in [6, 6.07) is 45.1. The Bertz CT molecular complexity index is 5050. The van der Waals surface area contributed by atoms with E-state index in [1.165, 1.54) is 134 Å². The fourth-order valence-corrected chi connectivity index (χ4v) is 13.1. The summed E-state index contributed by atoms with van der Waals surface area (Å²) < 4.78 is 53.9. The SMILES string of the molecule is CCCCCCO[PH+]1OCCO1.CCCCCCc1ccc(/C=C/c2ccnc(-c3cc(C(F)(F)F)n[n-]3)c2)s1.CCCCCCc1ccc(/C=C/c2ccnc(-c3nnn[n-]3)c2)s1.O=C(O)c1ccnc(-c2cccc(-c3ccccn3)n2)c1.O=C(O)c1ccnc(-c2cccc(-c3ccccn3)n2)c1.O=C=O.O=C=O.O=C=O.O=C=O.[N-]=C=S.[Ru+2].[Ru+]. The Labute approximate surface area is 745 Å². The number of thiophene rings is 2. The second-order valence-corrected chi connectivity index (χ2v) is 28.1. The van der Waals surface area contributed by atoms with E-state index in [0.29, 0.717) is 53.2 Å². The van der Waals surface area contributed by atoms with E-state index in [4.69, 9.17) is 67.5 Å². The number of unbranched alkanes of at least 4 members (excludes halogenated alkanes) is 9. The molecular weight excluding hydrogens is 1850 g/mol. The zero-order chi connectivity index (χ0) is 88.1. The molecule has 1 aliphatic rings. The predicted molar refractivity (Wildman–Crippen MR) is 446 cm³/mol. The molecule has 30 nitrogen and oxygen atoms in total. The number of aromatic carboxylic acids is 2. The van der Waals surface area contributed by atoms with Crippen LogP contribution in [0.15, 0.2) is 189 Å². The van der Waals surface area contributed by atoms with Crippen LogP contribution in [0.25, 0.3) is 98.2 Å². The van der Waals surface area contributed by atoms with Gasteiger partial charge in [-0.1, -0.05) is 133 Å². The van der Waals surface area contributed by atoms with E-state index >= 15 is 0 Å². The van der Waals surface area contributed by atoms with E-state index in [0.717, 1.165) is 64.3 Å². The summed E-state index contributed by atoms with van der Waals surface area (Å²) in [6.07, 6.45) is 31.8. The fourth-order valence-electron chi connectivity index (χ4n) is 10.2. The average Bonchev–Trinajstić information content (AvgIpc) is 1.81. The molecule has 1 radical (unpaired) electrons. The van der Waals surface area contributed by atoms with Crippen molar-refractivity contribution in [1.82, 2.24) is 70.7 Å². The van der Waals surface area contributed by atoms with E-state index in [1.54, 1.807) is 60.4 Å². The summed E-state index contributed by atoms with van der Waals surface area (Å²) in [5, 5.41) is 48.0. The van der Waals surface area contributed by atoms with Gasteiger partial charge in [0.15, 0.2) is 0 Å². The first kappa shape index (κ1) is 107. The molecule has 0 aromatic carbocycles. The number of halogens is 3. The van der Waals surface area contributed by atoms with Crippen molar-refractivity contribution in [2.75, 3.05) is 19.8 Å². The molecule has 12 aromatic rings. The Balaban J connectivity index is 0.000000505. The van der Waals surface area contributed by atoms with Crippen LogP contribution in [0.4, 0.5) is 13.2 Å². The van der Waals surface area contributed by atoms with Crippen molar-refractivity contribution in [3.63, 3.8) is 0 Å². The summed E-state index contributed by atoms with van der Waals surface area (Å²) >= 11 is 7.33. The number of alkyl halides is 3. The molecule has 123 heavy (non-hydrogen) atoms. The molecule has 0 spiro atoms. The molecule has 13 rings (SSSR count). The smallest absolute Gasteiger partial charge is 0.753 e. The van der Waals surface area contributed by atoms with Gasteiger partial charge in [-0.25, -0.2) is 19.6 Å². The van der Waals surface area contributed by atoms with Gasteiger partial charge in [0.25, 0.3) is 0 Å². The molecule has 0 atom stereocenters. The Morgan fingerprint density at radius 3 is 1.30 bits per heavy atom. The van der Waals surface area contributed by atoms with Crippen molar-refractivity contribution in [3.8, 4) is 68.5 Å². The van der Waals surface area contributed by atoms with Crippen molar-refractivity contribution in [2.24, 2.45) is 0 Å². The number of carboxylic acid groups (broad SMARTS) is 2. The van der Waals surface area contributed by atoms with Crippen molar-refractivity contribution in [1.29, 1.82) is 0 Å². The number of carbonyl (C=O) groups is 2. The van der Waals surface area contributed by atoms with Gasteiger partial charge in [-0.15, -0.1) is 22.7 Å². The quantitative estimate of drug-likeness (QED) is 0.0151. The first-order chi connectivity index (χ1) is 58.8. The fraction of sp³-hybridized carbons (Fsp3) is 0.250. The Morgan fingerprint density at radius 2 is 0.902 bits per heavy atom. The molecule has 641 valence electrons. The number of aryl methyl sites for hydroxylation is 2. The van der Waals surface area contributed by atoms with Crippen molar-refractivity contribution >= 4 is 110 Å². The van der Waals surface area contributed by atoms with E-state index in [9.17, 15) is 22.8 Å². The third-order valence-corrected chi connectivity index (χ3v) is 19.2. The second-order valence-electron chi connectivity index (χ2n) is 24.2. The van der Waals surface area contributed by atoms with Crippen LogP contribution in [0.1, 0.15) is 155 Å². The van der Waals surface area contributed by atoms with Crippen molar-refractivity contribution < 1.29 is 124 Å². The minimum Gasteiger partial charge on any atom is -0.753 e. The first-order valence-electron chi connectivity index (χ1n) is 36.9. The molecule has 39 heteroatoms. The number of aromatic nitrogens is 14. The number of hydrogen-bond acceptors (Lipinski definition) is 28. The van der Waals surface area contributed by atoms with Crippen LogP contribution >= 0.6 is 43.5 Å². The van der Waals surface area contributed by atoms with E-state index in [2.05, 4.69) is 140 Å². The maximum atomic E-state index is 12.7. The molecule has 13 heterocycles. The summed E-state index contributed by atoms with van der Waals surface area (Å²) in [6.45, 7) is 8.88. The number of pyridine rings is 8.